The highest BCUT2D eigenvalue weighted by atomic mass is 19.4. The van der Waals surface area contributed by atoms with Gasteiger partial charge in [-0.25, -0.2) is 9.18 Å². The molecule has 0 aliphatic heterocycles. The van der Waals surface area contributed by atoms with Crippen LogP contribution in [0.3, 0.4) is 0 Å². The molecule has 3 nitrogen and oxygen atoms in total. The molecule has 0 fully saturated rings. The minimum absolute atomic E-state index is 0.0272. The van der Waals surface area contributed by atoms with Gasteiger partial charge in [-0.2, -0.15) is 0 Å². The first kappa shape index (κ1) is 16.5. The minimum Gasteiger partial charge on any atom is -0.478 e. The third kappa shape index (κ3) is 4.57. The summed E-state index contributed by atoms with van der Waals surface area (Å²) in [6, 6.07) is 8.96. The Morgan fingerprint density at radius 1 is 1.09 bits per heavy atom. The number of rotatable bonds is 4. The molecule has 0 heterocycles. The Morgan fingerprint density at radius 2 is 1.74 bits per heavy atom. The van der Waals surface area contributed by atoms with Gasteiger partial charge in [-0.15, -0.1) is 13.2 Å². The highest BCUT2D eigenvalue weighted by Crippen LogP contribution is 2.30. The number of benzene rings is 2. The summed E-state index contributed by atoms with van der Waals surface area (Å²) in [4.78, 5) is 10.6. The minimum atomic E-state index is -4.80. The van der Waals surface area contributed by atoms with Gasteiger partial charge in [0.15, 0.2) is 0 Å². The number of halogens is 4. The Hall–Kier alpha value is -2.83. The van der Waals surface area contributed by atoms with Crippen molar-refractivity contribution < 1.29 is 32.2 Å². The number of hydrogen-bond acceptors (Lipinski definition) is 2. The number of carbonyl (C=O) groups is 1. The summed E-state index contributed by atoms with van der Waals surface area (Å²) in [6.45, 7) is 0. The predicted molar refractivity (Wildman–Crippen MR) is 75.2 cm³/mol. The second kappa shape index (κ2) is 6.51. The van der Waals surface area contributed by atoms with Crippen molar-refractivity contribution in [2.45, 2.75) is 6.36 Å². The molecule has 1 N–H and O–H groups in total. The number of aliphatic carboxylic acids is 1. The molecule has 2 aromatic carbocycles. The van der Waals surface area contributed by atoms with Gasteiger partial charge in [0.1, 0.15) is 11.6 Å². The molecule has 0 bridgehead atoms. The molecule has 2 aromatic rings. The standard InChI is InChI=1S/C16H10F4O3/c17-14-3-1-2-12(13(14)8-9-15(21)22)10-4-6-11(7-5-10)23-16(18,19)20/h1-9H,(H,21,22)/b9-8+. The van der Waals surface area contributed by atoms with Crippen LogP contribution >= 0.6 is 0 Å². The van der Waals surface area contributed by atoms with E-state index < -0.39 is 23.9 Å². The number of alkyl halides is 3. The van der Waals surface area contributed by atoms with E-state index in [1.165, 1.54) is 24.3 Å². The van der Waals surface area contributed by atoms with Crippen LogP contribution in [0.15, 0.2) is 48.5 Å². The van der Waals surface area contributed by atoms with Crippen LogP contribution in [0, 0.1) is 5.82 Å². The van der Waals surface area contributed by atoms with Crippen LogP contribution in [0.4, 0.5) is 17.6 Å². The van der Waals surface area contributed by atoms with E-state index in [2.05, 4.69) is 4.74 Å². The van der Waals surface area contributed by atoms with Crippen LogP contribution in [0.2, 0.25) is 0 Å². The number of hydrogen-bond donors (Lipinski definition) is 1. The summed E-state index contributed by atoms with van der Waals surface area (Å²) in [7, 11) is 0. The lowest BCUT2D eigenvalue weighted by atomic mass is 9.99. The van der Waals surface area contributed by atoms with Gasteiger partial charge >= 0.3 is 12.3 Å². The summed E-state index contributed by atoms with van der Waals surface area (Å²) in [5.74, 6) is -2.29. The molecule has 0 amide bonds. The third-order valence-electron chi connectivity index (χ3n) is 2.84. The quantitative estimate of drug-likeness (QED) is 0.665. The average molecular weight is 326 g/mol. The first-order valence-corrected chi connectivity index (χ1v) is 6.32. The van der Waals surface area contributed by atoms with Crippen molar-refractivity contribution >= 4 is 12.0 Å². The number of ether oxygens (including phenoxy) is 1. The summed E-state index contributed by atoms with van der Waals surface area (Å²) in [6.07, 6.45) is -2.92. The van der Waals surface area contributed by atoms with Crippen LogP contribution in [-0.4, -0.2) is 17.4 Å². The van der Waals surface area contributed by atoms with E-state index in [1.54, 1.807) is 0 Å². The number of carboxylic acid groups (broad SMARTS) is 1. The first-order valence-electron chi connectivity index (χ1n) is 6.32. The zero-order chi connectivity index (χ0) is 17.0. The van der Waals surface area contributed by atoms with E-state index in [1.807, 2.05) is 0 Å². The molecule has 0 unspecified atom stereocenters. The van der Waals surface area contributed by atoms with Crippen molar-refractivity contribution in [1.82, 2.24) is 0 Å². The Labute approximate surface area is 128 Å². The van der Waals surface area contributed by atoms with E-state index >= 15 is 0 Å². The molecule has 120 valence electrons. The lowest BCUT2D eigenvalue weighted by Gasteiger charge is -2.11. The van der Waals surface area contributed by atoms with Gasteiger partial charge in [0.05, 0.1) is 0 Å². The maximum Gasteiger partial charge on any atom is 0.573 e. The van der Waals surface area contributed by atoms with Crippen molar-refractivity contribution in [1.29, 1.82) is 0 Å². The van der Waals surface area contributed by atoms with E-state index in [0.29, 0.717) is 11.1 Å². The zero-order valence-corrected chi connectivity index (χ0v) is 11.5. The maximum atomic E-state index is 13.9. The summed E-state index contributed by atoms with van der Waals surface area (Å²) < 4.78 is 54.0. The summed E-state index contributed by atoms with van der Waals surface area (Å²) in [5.41, 5.74) is 0.796. The second-order valence-corrected chi connectivity index (χ2v) is 4.44. The predicted octanol–water partition coefficient (Wildman–Crippen LogP) is 4.49. The number of carboxylic acids is 1. The van der Waals surface area contributed by atoms with Crippen molar-refractivity contribution in [3.63, 3.8) is 0 Å². The topological polar surface area (TPSA) is 46.5 Å². The molecule has 0 aliphatic rings. The van der Waals surface area contributed by atoms with Crippen molar-refractivity contribution in [2.24, 2.45) is 0 Å². The van der Waals surface area contributed by atoms with Crippen LogP contribution < -0.4 is 4.74 Å². The van der Waals surface area contributed by atoms with Gasteiger partial charge in [-0.3, -0.25) is 0 Å². The molecule has 23 heavy (non-hydrogen) atoms. The molecule has 0 aliphatic carbocycles. The van der Waals surface area contributed by atoms with Crippen LogP contribution in [-0.2, 0) is 4.79 Å². The molecule has 7 heteroatoms. The molecule has 0 spiro atoms. The molecule has 0 saturated heterocycles. The Kier molecular flexibility index (Phi) is 4.68. The van der Waals surface area contributed by atoms with Gasteiger partial charge in [-0.1, -0.05) is 24.3 Å². The smallest absolute Gasteiger partial charge is 0.478 e. The summed E-state index contributed by atoms with van der Waals surface area (Å²) in [5, 5.41) is 8.64. The fraction of sp³-hybridized carbons (Fsp3) is 0.0625. The van der Waals surface area contributed by atoms with Gasteiger partial charge < -0.3 is 9.84 Å². The van der Waals surface area contributed by atoms with Gasteiger partial charge in [0.25, 0.3) is 0 Å². The van der Waals surface area contributed by atoms with Crippen LogP contribution in [0.1, 0.15) is 5.56 Å². The monoisotopic (exact) mass is 326 g/mol. The van der Waals surface area contributed by atoms with Crippen molar-refractivity contribution in [2.75, 3.05) is 0 Å². The highest BCUT2D eigenvalue weighted by molar-refractivity contribution is 5.88. The van der Waals surface area contributed by atoms with Gasteiger partial charge in [0, 0.05) is 11.6 Å². The lowest BCUT2D eigenvalue weighted by molar-refractivity contribution is -0.274. The first-order chi connectivity index (χ1) is 10.8. The normalized spacial score (nSPS) is 11.7. The fourth-order valence-electron chi connectivity index (χ4n) is 1.95. The van der Waals surface area contributed by atoms with Crippen LogP contribution in [0.5, 0.6) is 5.75 Å². The Morgan fingerprint density at radius 3 is 2.30 bits per heavy atom. The van der Waals surface area contributed by atoms with Crippen molar-refractivity contribution in [3.8, 4) is 16.9 Å². The SMILES string of the molecule is O=C(O)/C=C/c1c(F)cccc1-c1ccc(OC(F)(F)F)cc1. The van der Waals surface area contributed by atoms with Crippen LogP contribution in [0.25, 0.3) is 17.2 Å². The molecule has 0 aromatic heterocycles. The summed E-state index contributed by atoms with van der Waals surface area (Å²) >= 11 is 0. The molecule has 0 radical (unpaired) electrons. The largest absolute Gasteiger partial charge is 0.573 e. The molecular weight excluding hydrogens is 316 g/mol. The molecule has 0 saturated carbocycles. The third-order valence-corrected chi connectivity index (χ3v) is 2.84. The highest BCUT2D eigenvalue weighted by Gasteiger charge is 2.30. The lowest BCUT2D eigenvalue weighted by Crippen LogP contribution is -2.16. The molecule has 0 atom stereocenters. The Bertz CT molecular complexity index is 734. The maximum absolute atomic E-state index is 13.9. The Balaban J connectivity index is 2.39. The van der Waals surface area contributed by atoms with Crippen molar-refractivity contribution in [3.05, 3.63) is 59.9 Å². The van der Waals surface area contributed by atoms with E-state index in [0.717, 1.165) is 30.4 Å². The fourth-order valence-corrected chi connectivity index (χ4v) is 1.95. The van der Waals surface area contributed by atoms with E-state index in [-0.39, 0.29) is 5.56 Å². The second-order valence-electron chi connectivity index (χ2n) is 4.44. The van der Waals surface area contributed by atoms with Gasteiger partial charge in [-0.05, 0) is 35.4 Å². The zero-order valence-electron chi connectivity index (χ0n) is 11.5. The molecule has 2 rings (SSSR count). The van der Waals surface area contributed by atoms with Gasteiger partial charge in [0.2, 0.25) is 0 Å². The van der Waals surface area contributed by atoms with E-state index in [9.17, 15) is 22.4 Å². The van der Waals surface area contributed by atoms with E-state index in [4.69, 9.17) is 5.11 Å². The molecular formula is C16H10F4O3. The average Bonchev–Trinajstić information content (AvgIpc) is 2.45.